The molecule has 1 saturated heterocycles. The van der Waals surface area contributed by atoms with Gasteiger partial charge in [0.25, 0.3) is 5.91 Å². The summed E-state index contributed by atoms with van der Waals surface area (Å²) in [6.07, 6.45) is 2.26. The fraction of sp³-hybridized carbons (Fsp3) is 0.435. The van der Waals surface area contributed by atoms with E-state index in [1.54, 1.807) is 0 Å². The smallest absolute Gasteiger partial charge is 0.255 e. The van der Waals surface area contributed by atoms with Gasteiger partial charge in [0.05, 0.1) is 11.1 Å². The summed E-state index contributed by atoms with van der Waals surface area (Å²) >= 11 is 3.53. The van der Waals surface area contributed by atoms with E-state index in [-0.39, 0.29) is 6.61 Å². The molecule has 0 bridgehead atoms. The van der Waals surface area contributed by atoms with E-state index in [0.717, 1.165) is 49.1 Å². The van der Waals surface area contributed by atoms with Crippen molar-refractivity contribution in [3.05, 3.63) is 58.1 Å². The van der Waals surface area contributed by atoms with Crippen molar-refractivity contribution in [1.29, 1.82) is 0 Å². The van der Waals surface area contributed by atoms with Gasteiger partial charge in [0.1, 0.15) is 0 Å². The van der Waals surface area contributed by atoms with E-state index in [9.17, 15) is 4.79 Å². The molecule has 6 nitrogen and oxygen atoms in total. The second kappa shape index (κ2) is 11.3. The van der Waals surface area contributed by atoms with Crippen LogP contribution in [0.15, 0.2) is 46.9 Å². The lowest BCUT2D eigenvalue weighted by atomic mass is 10.0. The van der Waals surface area contributed by atoms with Gasteiger partial charge in [-0.3, -0.25) is 9.69 Å². The SMILES string of the molecule is CCOc1cc(CNC2CCN(Cc3ccccc3)CC2)cc(Br)c1OCC(N)=O. The lowest BCUT2D eigenvalue weighted by Crippen LogP contribution is -2.41. The van der Waals surface area contributed by atoms with Gasteiger partial charge in [-0.25, -0.2) is 0 Å². The summed E-state index contributed by atoms with van der Waals surface area (Å²) in [5.41, 5.74) is 7.67. The molecule has 2 aromatic rings. The third-order valence-electron chi connectivity index (χ3n) is 5.16. The van der Waals surface area contributed by atoms with Gasteiger partial charge >= 0.3 is 0 Å². The maximum atomic E-state index is 11.1. The van der Waals surface area contributed by atoms with Gasteiger partial charge in [-0.05, 0) is 72.0 Å². The van der Waals surface area contributed by atoms with Crippen LogP contribution in [0.25, 0.3) is 0 Å². The van der Waals surface area contributed by atoms with Crippen molar-refractivity contribution >= 4 is 21.8 Å². The van der Waals surface area contributed by atoms with E-state index in [0.29, 0.717) is 24.1 Å². The molecule has 1 aliphatic heterocycles. The molecule has 0 unspecified atom stereocenters. The van der Waals surface area contributed by atoms with E-state index in [1.165, 1.54) is 5.56 Å². The second-order valence-electron chi connectivity index (χ2n) is 7.51. The highest BCUT2D eigenvalue weighted by Crippen LogP contribution is 2.37. The summed E-state index contributed by atoms with van der Waals surface area (Å²) in [4.78, 5) is 13.6. The molecule has 3 rings (SSSR count). The molecule has 1 fully saturated rings. The van der Waals surface area contributed by atoms with Gasteiger partial charge in [-0.2, -0.15) is 0 Å². The molecule has 3 N–H and O–H groups in total. The zero-order valence-electron chi connectivity index (χ0n) is 17.4. The van der Waals surface area contributed by atoms with Crippen LogP contribution in [-0.4, -0.2) is 43.2 Å². The lowest BCUT2D eigenvalue weighted by molar-refractivity contribution is -0.119. The summed E-state index contributed by atoms with van der Waals surface area (Å²) in [6, 6.07) is 15.1. The molecule has 2 aromatic carbocycles. The number of hydrogen-bond acceptors (Lipinski definition) is 5. The highest BCUT2D eigenvalue weighted by atomic mass is 79.9. The number of rotatable bonds is 10. The predicted octanol–water partition coefficient (Wildman–Crippen LogP) is 3.47. The van der Waals surface area contributed by atoms with E-state index in [4.69, 9.17) is 15.2 Å². The first-order chi connectivity index (χ1) is 14.5. The number of halogens is 1. The lowest BCUT2D eigenvalue weighted by Gasteiger charge is -2.32. The first-order valence-electron chi connectivity index (χ1n) is 10.4. The van der Waals surface area contributed by atoms with Crippen LogP contribution in [-0.2, 0) is 17.9 Å². The number of piperidine rings is 1. The number of carbonyl (C=O) groups is 1. The molecule has 0 radical (unpaired) electrons. The van der Waals surface area contributed by atoms with Crippen molar-refractivity contribution in [2.75, 3.05) is 26.3 Å². The molecule has 0 aliphatic carbocycles. The highest BCUT2D eigenvalue weighted by Gasteiger charge is 2.19. The molecular weight excluding hydrogens is 446 g/mol. The quantitative estimate of drug-likeness (QED) is 0.549. The predicted molar refractivity (Wildman–Crippen MR) is 122 cm³/mol. The number of ether oxygens (including phenoxy) is 2. The van der Waals surface area contributed by atoms with Gasteiger partial charge in [0, 0.05) is 19.1 Å². The minimum atomic E-state index is -0.520. The summed E-state index contributed by atoms with van der Waals surface area (Å²) in [7, 11) is 0. The van der Waals surface area contributed by atoms with E-state index >= 15 is 0 Å². The molecule has 1 heterocycles. The van der Waals surface area contributed by atoms with Crippen LogP contribution in [0.3, 0.4) is 0 Å². The van der Waals surface area contributed by atoms with Crippen molar-refractivity contribution in [1.82, 2.24) is 10.2 Å². The van der Waals surface area contributed by atoms with Crippen LogP contribution >= 0.6 is 15.9 Å². The van der Waals surface area contributed by atoms with Crippen LogP contribution < -0.4 is 20.5 Å². The Balaban J connectivity index is 1.52. The topological polar surface area (TPSA) is 76.8 Å². The Kier molecular flexibility index (Phi) is 8.54. The molecule has 162 valence electrons. The average Bonchev–Trinajstić information content (AvgIpc) is 2.73. The van der Waals surface area contributed by atoms with Crippen molar-refractivity contribution in [3.8, 4) is 11.5 Å². The Hall–Kier alpha value is -2.09. The summed E-state index contributed by atoms with van der Waals surface area (Å²) in [5.74, 6) is 0.602. The van der Waals surface area contributed by atoms with Crippen molar-refractivity contribution < 1.29 is 14.3 Å². The number of nitrogens with zero attached hydrogens (tertiary/aromatic N) is 1. The second-order valence-corrected chi connectivity index (χ2v) is 8.36. The molecule has 1 aliphatic rings. The zero-order valence-corrected chi connectivity index (χ0v) is 19.0. The van der Waals surface area contributed by atoms with Crippen LogP contribution in [0.5, 0.6) is 11.5 Å². The third-order valence-corrected chi connectivity index (χ3v) is 5.75. The third kappa shape index (κ3) is 6.72. The summed E-state index contributed by atoms with van der Waals surface area (Å²) < 4.78 is 12.0. The van der Waals surface area contributed by atoms with Crippen LogP contribution in [0.1, 0.15) is 30.9 Å². The Morgan fingerprint density at radius 1 is 1.17 bits per heavy atom. The largest absolute Gasteiger partial charge is 0.490 e. The number of likely N-dealkylation sites (tertiary alicyclic amines) is 1. The molecule has 1 amide bonds. The maximum absolute atomic E-state index is 11.1. The van der Waals surface area contributed by atoms with Crippen molar-refractivity contribution in [3.63, 3.8) is 0 Å². The normalized spacial score (nSPS) is 15.1. The Labute approximate surface area is 186 Å². The number of amides is 1. The molecular formula is C23H30BrN3O3. The fourth-order valence-corrected chi connectivity index (χ4v) is 4.27. The molecule has 0 saturated carbocycles. The van der Waals surface area contributed by atoms with Crippen LogP contribution in [0.2, 0.25) is 0 Å². The Morgan fingerprint density at radius 2 is 1.90 bits per heavy atom. The standard InChI is InChI=1S/C23H30BrN3O3/c1-2-29-21-13-18(12-20(24)23(21)30-16-22(25)28)14-26-19-8-10-27(11-9-19)15-17-6-4-3-5-7-17/h3-7,12-13,19,26H,2,8-11,14-16H2,1H3,(H2,25,28). The van der Waals surface area contributed by atoms with Gasteiger partial charge in [-0.1, -0.05) is 30.3 Å². The van der Waals surface area contributed by atoms with Gasteiger partial charge in [-0.15, -0.1) is 0 Å². The van der Waals surface area contributed by atoms with E-state index < -0.39 is 5.91 Å². The van der Waals surface area contributed by atoms with Gasteiger partial charge < -0.3 is 20.5 Å². The van der Waals surface area contributed by atoms with Crippen molar-refractivity contribution in [2.45, 2.75) is 38.9 Å². The molecule has 0 atom stereocenters. The van der Waals surface area contributed by atoms with Crippen LogP contribution in [0.4, 0.5) is 0 Å². The number of benzene rings is 2. The molecule has 0 spiro atoms. The number of carbonyl (C=O) groups excluding carboxylic acids is 1. The summed E-state index contributed by atoms with van der Waals surface area (Å²) in [6.45, 7) is 6.21. The van der Waals surface area contributed by atoms with E-state index in [2.05, 4.69) is 56.5 Å². The fourth-order valence-electron chi connectivity index (χ4n) is 3.67. The Bertz CT molecular complexity index is 824. The molecule has 0 aromatic heterocycles. The van der Waals surface area contributed by atoms with Crippen LogP contribution in [0, 0.1) is 0 Å². The van der Waals surface area contributed by atoms with Crippen molar-refractivity contribution in [2.24, 2.45) is 5.73 Å². The minimum absolute atomic E-state index is 0.183. The first kappa shape index (κ1) is 22.6. The molecule has 30 heavy (non-hydrogen) atoms. The number of hydrogen-bond donors (Lipinski definition) is 2. The Morgan fingerprint density at radius 3 is 2.57 bits per heavy atom. The number of primary amides is 1. The monoisotopic (exact) mass is 475 g/mol. The summed E-state index contributed by atoms with van der Waals surface area (Å²) in [5, 5.41) is 3.67. The minimum Gasteiger partial charge on any atom is -0.490 e. The van der Waals surface area contributed by atoms with E-state index in [1.807, 2.05) is 19.1 Å². The number of nitrogens with two attached hydrogens (primary N) is 1. The average molecular weight is 476 g/mol. The number of nitrogens with one attached hydrogen (secondary N) is 1. The first-order valence-corrected chi connectivity index (χ1v) is 11.2. The highest BCUT2D eigenvalue weighted by molar-refractivity contribution is 9.10. The van der Waals surface area contributed by atoms with Gasteiger partial charge in [0.15, 0.2) is 18.1 Å². The van der Waals surface area contributed by atoms with Gasteiger partial charge in [0.2, 0.25) is 0 Å². The molecule has 7 heteroatoms. The zero-order chi connectivity index (χ0) is 21.3. The maximum Gasteiger partial charge on any atom is 0.255 e.